The summed E-state index contributed by atoms with van der Waals surface area (Å²) >= 11 is 0. The molecule has 1 unspecified atom stereocenters. The van der Waals surface area contributed by atoms with Crippen LogP contribution in [0.3, 0.4) is 0 Å². The minimum atomic E-state index is -0.867. The molecule has 0 saturated heterocycles. The van der Waals surface area contributed by atoms with Crippen molar-refractivity contribution in [1.82, 2.24) is 4.48 Å². The van der Waals surface area contributed by atoms with Gasteiger partial charge in [0.15, 0.2) is 11.5 Å². The van der Waals surface area contributed by atoms with Crippen LogP contribution >= 0.6 is 0 Å². The van der Waals surface area contributed by atoms with E-state index in [2.05, 4.69) is 0 Å². The maximum absolute atomic E-state index is 13.9. The summed E-state index contributed by atoms with van der Waals surface area (Å²) in [5, 5.41) is 7.54. The zero-order valence-corrected chi connectivity index (χ0v) is 9.83. The predicted molar refractivity (Wildman–Crippen MR) is 65.0 cm³/mol. The van der Waals surface area contributed by atoms with Crippen molar-refractivity contribution in [2.75, 3.05) is 6.54 Å². The Morgan fingerprint density at radius 2 is 2.06 bits per heavy atom. The summed E-state index contributed by atoms with van der Waals surface area (Å²) < 4.78 is 13.1. The standard InChI is InChI=1S/C11H15FN4O/c1-3-16(10(13)14,11(15)17)9-7(2)5-4-6-8(9)12/h4-6H,3H2,1-2H3,(H4-,13,14,15,17)/p+1. The van der Waals surface area contributed by atoms with Crippen LogP contribution < -0.4 is 16.0 Å². The van der Waals surface area contributed by atoms with Crippen LogP contribution in [-0.2, 0) is 0 Å². The zero-order chi connectivity index (χ0) is 13.2. The fourth-order valence-electron chi connectivity index (χ4n) is 1.94. The Morgan fingerprint density at radius 3 is 2.41 bits per heavy atom. The van der Waals surface area contributed by atoms with E-state index in [1.807, 2.05) is 0 Å². The molecular weight excluding hydrogens is 223 g/mol. The van der Waals surface area contributed by atoms with Crippen molar-refractivity contribution in [3.63, 3.8) is 0 Å². The third-order valence-corrected chi connectivity index (χ3v) is 2.83. The van der Waals surface area contributed by atoms with Crippen LogP contribution in [0.1, 0.15) is 12.5 Å². The van der Waals surface area contributed by atoms with Gasteiger partial charge < -0.3 is 11.5 Å². The zero-order valence-electron chi connectivity index (χ0n) is 9.83. The molecule has 0 bridgehead atoms. The number of primary amides is 1. The highest BCUT2D eigenvalue weighted by Gasteiger charge is 2.43. The molecule has 5 N–H and O–H groups in total. The molecule has 0 saturated carbocycles. The average Bonchev–Trinajstić information content (AvgIpc) is 2.22. The topological polar surface area (TPSA) is 93.0 Å². The van der Waals surface area contributed by atoms with Gasteiger partial charge in [0.25, 0.3) is 0 Å². The highest BCUT2D eigenvalue weighted by molar-refractivity contribution is 6.07. The smallest absolute Gasteiger partial charge is 0.337 e. The summed E-state index contributed by atoms with van der Waals surface area (Å²) in [5.74, 6) is -1.09. The number of guanidine groups is 1. The largest absolute Gasteiger partial charge is 0.426 e. The third-order valence-electron chi connectivity index (χ3n) is 2.83. The molecule has 17 heavy (non-hydrogen) atoms. The quantitative estimate of drug-likeness (QED) is 0.414. The molecule has 0 aromatic heterocycles. The Balaban J connectivity index is 3.64. The van der Waals surface area contributed by atoms with Crippen molar-refractivity contribution in [3.8, 4) is 0 Å². The number of benzene rings is 1. The molecular formula is C11H16FN4O+. The van der Waals surface area contributed by atoms with Gasteiger partial charge in [-0.3, -0.25) is 0 Å². The first kappa shape index (κ1) is 13.1. The highest BCUT2D eigenvalue weighted by Crippen LogP contribution is 2.30. The number of hydrogen-bond acceptors (Lipinski definition) is 2. The Morgan fingerprint density at radius 1 is 1.47 bits per heavy atom. The Labute approximate surface area is 98.9 Å². The lowest BCUT2D eigenvalue weighted by molar-refractivity contribution is 0.229. The van der Waals surface area contributed by atoms with Crippen molar-refractivity contribution in [3.05, 3.63) is 29.6 Å². The molecule has 1 aromatic rings. The number of carbonyl (C=O) groups is 1. The number of rotatable bonds is 2. The SMILES string of the molecule is CC[N+](C(=N)N)(C(N)=O)c1c(C)cccc1F. The van der Waals surface area contributed by atoms with E-state index < -0.39 is 22.3 Å². The molecule has 0 heterocycles. The Bertz CT molecular complexity index is 438. The van der Waals surface area contributed by atoms with Crippen molar-refractivity contribution in [1.29, 1.82) is 5.41 Å². The summed E-state index contributed by atoms with van der Waals surface area (Å²) in [6, 6.07) is 3.52. The lowest BCUT2D eigenvalue weighted by Crippen LogP contribution is -2.64. The molecule has 92 valence electrons. The number of nitrogens with one attached hydrogen (secondary N) is 1. The summed E-state index contributed by atoms with van der Waals surface area (Å²) in [4.78, 5) is 11.6. The van der Waals surface area contributed by atoms with Gasteiger partial charge >= 0.3 is 12.0 Å². The van der Waals surface area contributed by atoms with Crippen molar-refractivity contribution >= 4 is 17.7 Å². The fourth-order valence-corrected chi connectivity index (χ4v) is 1.94. The number of quaternary nitrogens is 1. The number of nitrogens with zero attached hydrogens (tertiary/aromatic N) is 1. The van der Waals surface area contributed by atoms with Crippen LogP contribution in [0.5, 0.6) is 0 Å². The van der Waals surface area contributed by atoms with Gasteiger partial charge in [0.05, 0.1) is 6.54 Å². The first-order chi connectivity index (χ1) is 7.87. The van der Waals surface area contributed by atoms with Gasteiger partial charge in [-0.05, 0) is 19.9 Å². The Kier molecular flexibility index (Phi) is 3.47. The van der Waals surface area contributed by atoms with Crippen LogP contribution in [-0.4, -0.2) is 18.5 Å². The second kappa shape index (κ2) is 4.50. The summed E-state index contributed by atoms with van der Waals surface area (Å²) in [5.41, 5.74) is 11.3. The van der Waals surface area contributed by atoms with E-state index in [0.717, 1.165) is 0 Å². The number of amides is 2. The van der Waals surface area contributed by atoms with Crippen LogP contribution in [0.2, 0.25) is 0 Å². The van der Waals surface area contributed by atoms with Crippen LogP contribution in [0, 0.1) is 18.2 Å². The van der Waals surface area contributed by atoms with Gasteiger partial charge in [-0.1, -0.05) is 12.1 Å². The first-order valence-corrected chi connectivity index (χ1v) is 5.16. The number of para-hydroxylation sites is 1. The van der Waals surface area contributed by atoms with Crippen LogP contribution in [0.4, 0.5) is 14.9 Å². The molecule has 2 amide bonds. The van der Waals surface area contributed by atoms with Crippen LogP contribution in [0.15, 0.2) is 18.2 Å². The van der Waals surface area contributed by atoms with Gasteiger partial charge in [-0.15, -0.1) is 4.48 Å². The molecule has 0 radical (unpaired) electrons. The monoisotopic (exact) mass is 239 g/mol. The second-order valence-electron chi connectivity index (χ2n) is 3.75. The molecule has 0 aliphatic heterocycles. The van der Waals surface area contributed by atoms with Crippen LogP contribution in [0.25, 0.3) is 0 Å². The van der Waals surface area contributed by atoms with Crippen molar-refractivity contribution in [2.24, 2.45) is 11.5 Å². The molecule has 6 heteroatoms. The Hall–Kier alpha value is -1.95. The number of urea groups is 1. The predicted octanol–water partition coefficient (Wildman–Crippen LogP) is 1.43. The second-order valence-corrected chi connectivity index (χ2v) is 3.75. The van der Waals surface area contributed by atoms with Gasteiger partial charge in [-0.2, -0.15) is 0 Å². The maximum atomic E-state index is 13.9. The molecule has 1 rings (SSSR count). The summed E-state index contributed by atoms with van der Waals surface area (Å²) in [6.07, 6.45) is 0. The van der Waals surface area contributed by atoms with Gasteiger partial charge in [0.2, 0.25) is 0 Å². The highest BCUT2D eigenvalue weighted by atomic mass is 19.1. The number of nitrogens with two attached hydrogens (primary N) is 2. The molecule has 0 aliphatic carbocycles. The molecule has 1 aromatic carbocycles. The van der Waals surface area contributed by atoms with E-state index in [1.165, 1.54) is 12.1 Å². The number of aryl methyl sites for hydroxylation is 1. The molecule has 5 nitrogen and oxygen atoms in total. The lowest BCUT2D eigenvalue weighted by atomic mass is 10.1. The molecule has 0 fully saturated rings. The van der Waals surface area contributed by atoms with Gasteiger partial charge in [0.1, 0.15) is 0 Å². The summed E-state index contributed by atoms with van der Waals surface area (Å²) in [7, 11) is 0. The molecule has 0 spiro atoms. The normalized spacial score (nSPS) is 14.1. The van der Waals surface area contributed by atoms with Crippen molar-refractivity contribution < 1.29 is 9.18 Å². The minimum Gasteiger partial charge on any atom is -0.337 e. The van der Waals surface area contributed by atoms with E-state index >= 15 is 0 Å². The minimum absolute atomic E-state index is 0.0370. The molecule has 0 aliphatic rings. The molecule has 1 atom stereocenters. The number of hydrogen-bond donors (Lipinski definition) is 3. The van der Waals surface area contributed by atoms with E-state index in [9.17, 15) is 9.18 Å². The van der Waals surface area contributed by atoms with Gasteiger partial charge in [-0.25, -0.2) is 14.6 Å². The fraction of sp³-hybridized carbons (Fsp3) is 0.273. The summed E-state index contributed by atoms with van der Waals surface area (Å²) in [6.45, 7) is 3.36. The van der Waals surface area contributed by atoms with E-state index in [-0.39, 0.29) is 12.2 Å². The lowest BCUT2D eigenvalue weighted by Gasteiger charge is -2.30. The van der Waals surface area contributed by atoms with Gasteiger partial charge in [0, 0.05) is 5.56 Å². The third kappa shape index (κ3) is 1.87. The maximum Gasteiger partial charge on any atom is 0.426 e. The average molecular weight is 239 g/mol. The van der Waals surface area contributed by atoms with Crippen molar-refractivity contribution in [2.45, 2.75) is 13.8 Å². The number of halogens is 1. The van der Waals surface area contributed by atoms with E-state index in [1.54, 1.807) is 19.9 Å². The van der Waals surface area contributed by atoms with E-state index in [4.69, 9.17) is 16.9 Å². The number of carbonyl (C=O) groups excluding carboxylic acids is 1. The first-order valence-electron chi connectivity index (χ1n) is 5.16. The van der Waals surface area contributed by atoms with E-state index in [0.29, 0.717) is 5.56 Å².